The van der Waals surface area contributed by atoms with Gasteiger partial charge in [-0.3, -0.25) is 19.7 Å². The van der Waals surface area contributed by atoms with E-state index in [9.17, 15) is 32.9 Å². The van der Waals surface area contributed by atoms with Gasteiger partial charge >= 0.3 is 6.18 Å². The van der Waals surface area contributed by atoms with Crippen molar-refractivity contribution in [2.75, 3.05) is 10.6 Å². The number of furan rings is 1. The maximum atomic E-state index is 13.5. The van der Waals surface area contributed by atoms with Crippen molar-refractivity contribution in [3.8, 4) is 0 Å². The van der Waals surface area contributed by atoms with Crippen molar-refractivity contribution in [3.63, 3.8) is 0 Å². The predicted octanol–water partition coefficient (Wildman–Crippen LogP) is 5.47. The van der Waals surface area contributed by atoms with Crippen LogP contribution in [-0.4, -0.2) is 16.7 Å². The second-order valence-corrected chi connectivity index (χ2v) is 6.96. The quantitative estimate of drug-likeness (QED) is 0.358. The molecule has 0 fully saturated rings. The third-order valence-corrected chi connectivity index (χ3v) is 4.69. The Balaban J connectivity index is 1.88. The molecule has 0 atom stereocenters. The molecule has 31 heavy (non-hydrogen) atoms. The molecule has 0 saturated carbocycles. The first-order chi connectivity index (χ1) is 14.6. The Labute approximate surface area is 180 Å². The van der Waals surface area contributed by atoms with Gasteiger partial charge in [0.1, 0.15) is 6.26 Å². The van der Waals surface area contributed by atoms with Crippen LogP contribution in [0.5, 0.6) is 0 Å². The number of nitro groups is 1. The molecule has 2 aromatic carbocycles. The maximum absolute atomic E-state index is 13.5. The highest BCUT2D eigenvalue weighted by molar-refractivity contribution is 9.10. The molecule has 0 aliphatic rings. The topological polar surface area (TPSA) is 114 Å². The van der Waals surface area contributed by atoms with Crippen molar-refractivity contribution < 1.29 is 32.1 Å². The van der Waals surface area contributed by atoms with E-state index in [1.807, 2.05) is 0 Å². The van der Waals surface area contributed by atoms with Crippen molar-refractivity contribution in [1.82, 2.24) is 0 Å². The van der Waals surface area contributed by atoms with E-state index in [1.165, 1.54) is 30.5 Å². The number of anilines is 2. The minimum Gasteiger partial charge on any atom is -0.472 e. The SMILES string of the molecule is O=C(Nc1ccc(NC(=O)c2ccc(Br)c([N+](=O)[O-])c2)c(C(F)(F)F)c1)c1ccoc1. The highest BCUT2D eigenvalue weighted by Crippen LogP contribution is 2.37. The second-order valence-electron chi connectivity index (χ2n) is 6.10. The third-order valence-electron chi connectivity index (χ3n) is 4.02. The van der Waals surface area contributed by atoms with Crippen LogP contribution in [0, 0.1) is 10.1 Å². The second kappa shape index (κ2) is 8.60. The van der Waals surface area contributed by atoms with Crippen LogP contribution in [0.25, 0.3) is 0 Å². The number of nitro benzene ring substituents is 1. The smallest absolute Gasteiger partial charge is 0.418 e. The standard InChI is InChI=1S/C19H11BrF3N3O5/c20-14-3-1-10(7-16(14)26(29)30)17(27)25-15-4-2-12(8-13(15)19(21,22)23)24-18(28)11-5-6-31-9-11/h1-9H,(H,24,28)(H,25,27). The summed E-state index contributed by atoms with van der Waals surface area (Å²) in [4.78, 5) is 34.7. The van der Waals surface area contributed by atoms with Gasteiger partial charge in [-0.25, -0.2) is 0 Å². The predicted molar refractivity (Wildman–Crippen MR) is 107 cm³/mol. The number of nitrogens with one attached hydrogen (secondary N) is 2. The number of nitrogens with zero attached hydrogens (tertiary/aromatic N) is 1. The first-order valence-corrected chi connectivity index (χ1v) is 9.15. The molecule has 2 amide bonds. The lowest BCUT2D eigenvalue weighted by atomic mass is 10.1. The molecule has 3 rings (SSSR count). The zero-order valence-electron chi connectivity index (χ0n) is 15.2. The van der Waals surface area contributed by atoms with Gasteiger partial charge in [0.25, 0.3) is 17.5 Å². The molecule has 0 aliphatic carbocycles. The minimum atomic E-state index is -4.86. The van der Waals surface area contributed by atoms with Crippen molar-refractivity contribution in [2.45, 2.75) is 6.18 Å². The lowest BCUT2D eigenvalue weighted by Crippen LogP contribution is -2.18. The number of amides is 2. The van der Waals surface area contributed by atoms with Crippen molar-refractivity contribution >= 4 is 44.8 Å². The van der Waals surface area contributed by atoms with E-state index >= 15 is 0 Å². The van der Waals surface area contributed by atoms with Crippen LogP contribution in [0.3, 0.4) is 0 Å². The van der Waals surface area contributed by atoms with Gasteiger partial charge in [-0.05, 0) is 52.3 Å². The highest BCUT2D eigenvalue weighted by atomic mass is 79.9. The number of benzene rings is 2. The summed E-state index contributed by atoms with van der Waals surface area (Å²) in [5, 5.41) is 15.4. The van der Waals surface area contributed by atoms with E-state index in [0.717, 1.165) is 18.4 Å². The van der Waals surface area contributed by atoms with Gasteiger partial charge in [0.2, 0.25) is 0 Å². The fourth-order valence-electron chi connectivity index (χ4n) is 2.55. The van der Waals surface area contributed by atoms with Crippen LogP contribution in [0.1, 0.15) is 26.3 Å². The number of halogens is 4. The average molecular weight is 498 g/mol. The van der Waals surface area contributed by atoms with Crippen LogP contribution in [0.15, 0.2) is 63.9 Å². The van der Waals surface area contributed by atoms with Crippen molar-refractivity contribution in [3.05, 3.63) is 86.3 Å². The van der Waals surface area contributed by atoms with E-state index in [0.29, 0.717) is 6.07 Å². The molecular formula is C19H11BrF3N3O5. The molecule has 2 N–H and O–H groups in total. The molecule has 0 unspecified atom stereocenters. The molecule has 3 aromatic rings. The van der Waals surface area contributed by atoms with E-state index in [4.69, 9.17) is 4.42 Å². The first kappa shape index (κ1) is 22.0. The minimum absolute atomic E-state index is 0.114. The molecule has 8 nitrogen and oxygen atoms in total. The summed E-state index contributed by atoms with van der Waals surface area (Å²) < 4.78 is 45.5. The Morgan fingerprint density at radius 2 is 1.71 bits per heavy atom. The lowest BCUT2D eigenvalue weighted by molar-refractivity contribution is -0.385. The van der Waals surface area contributed by atoms with Crippen LogP contribution < -0.4 is 10.6 Å². The summed E-state index contributed by atoms with van der Waals surface area (Å²) in [6.45, 7) is 0. The fraction of sp³-hybridized carbons (Fsp3) is 0.0526. The molecule has 1 aromatic heterocycles. The molecule has 0 spiro atoms. The van der Waals surface area contributed by atoms with Gasteiger partial charge in [-0.15, -0.1) is 0 Å². The number of carbonyl (C=O) groups is 2. The molecule has 0 aliphatic heterocycles. The molecule has 0 saturated heterocycles. The summed E-state index contributed by atoms with van der Waals surface area (Å²) in [6, 6.07) is 7.55. The number of hydrogen-bond acceptors (Lipinski definition) is 5. The Morgan fingerprint density at radius 1 is 1.00 bits per heavy atom. The van der Waals surface area contributed by atoms with Crippen molar-refractivity contribution in [1.29, 1.82) is 0 Å². The van der Waals surface area contributed by atoms with Crippen molar-refractivity contribution in [2.24, 2.45) is 0 Å². The monoisotopic (exact) mass is 497 g/mol. The van der Waals surface area contributed by atoms with E-state index in [1.54, 1.807) is 0 Å². The van der Waals surface area contributed by atoms with Crippen LogP contribution in [0.2, 0.25) is 0 Å². The van der Waals surface area contributed by atoms with E-state index in [-0.39, 0.29) is 21.3 Å². The van der Waals surface area contributed by atoms with Gasteiger partial charge in [0.15, 0.2) is 0 Å². The van der Waals surface area contributed by atoms with E-state index in [2.05, 4.69) is 26.6 Å². The van der Waals surface area contributed by atoms with E-state index < -0.39 is 39.9 Å². The highest BCUT2D eigenvalue weighted by Gasteiger charge is 2.34. The summed E-state index contributed by atoms with van der Waals surface area (Å²) in [5.74, 6) is -1.66. The maximum Gasteiger partial charge on any atom is 0.418 e. The first-order valence-electron chi connectivity index (χ1n) is 8.36. The molecule has 0 bridgehead atoms. The Kier molecular flexibility index (Phi) is 6.11. The van der Waals surface area contributed by atoms with Crippen LogP contribution in [0.4, 0.5) is 30.2 Å². The van der Waals surface area contributed by atoms with Gasteiger partial charge in [0, 0.05) is 17.3 Å². The average Bonchev–Trinajstić information content (AvgIpc) is 3.23. The van der Waals surface area contributed by atoms with Gasteiger partial charge in [-0.2, -0.15) is 13.2 Å². The van der Waals surface area contributed by atoms with Gasteiger partial charge in [-0.1, -0.05) is 0 Å². The number of carbonyl (C=O) groups excluding carboxylic acids is 2. The Hall–Kier alpha value is -3.67. The zero-order valence-corrected chi connectivity index (χ0v) is 16.8. The molecular weight excluding hydrogens is 487 g/mol. The normalized spacial score (nSPS) is 11.1. The van der Waals surface area contributed by atoms with Gasteiger partial charge < -0.3 is 15.1 Å². The Morgan fingerprint density at radius 3 is 2.32 bits per heavy atom. The summed E-state index contributed by atoms with van der Waals surface area (Å²) in [7, 11) is 0. The van der Waals surface area contributed by atoms with Gasteiger partial charge in [0.05, 0.1) is 32.5 Å². The largest absolute Gasteiger partial charge is 0.472 e. The molecule has 160 valence electrons. The summed E-state index contributed by atoms with van der Waals surface area (Å²) >= 11 is 2.96. The Bertz CT molecular complexity index is 1160. The summed E-state index contributed by atoms with van der Waals surface area (Å²) in [5.41, 5.74) is -2.46. The number of alkyl halides is 3. The molecule has 12 heteroatoms. The zero-order chi connectivity index (χ0) is 22.8. The van der Waals surface area contributed by atoms with Crippen LogP contribution >= 0.6 is 15.9 Å². The number of hydrogen-bond donors (Lipinski definition) is 2. The molecule has 1 heterocycles. The lowest BCUT2D eigenvalue weighted by Gasteiger charge is -2.16. The fourth-order valence-corrected chi connectivity index (χ4v) is 2.94. The van der Waals surface area contributed by atoms with Crippen LogP contribution in [-0.2, 0) is 6.18 Å². The molecule has 0 radical (unpaired) electrons. The summed E-state index contributed by atoms with van der Waals surface area (Å²) in [6.07, 6.45) is -2.49. The number of rotatable bonds is 5. The third kappa shape index (κ3) is 5.09.